The molecule has 1 fully saturated rings. The predicted molar refractivity (Wildman–Crippen MR) is 43.4 cm³/mol. The van der Waals surface area contributed by atoms with Crippen molar-refractivity contribution in [1.29, 1.82) is 0 Å². The summed E-state index contributed by atoms with van der Waals surface area (Å²) in [4.78, 5) is 0. The van der Waals surface area contributed by atoms with Gasteiger partial charge in [0.15, 0.2) is 0 Å². The molecule has 1 aliphatic rings. The van der Waals surface area contributed by atoms with E-state index in [1.54, 1.807) is 0 Å². The lowest BCUT2D eigenvalue weighted by atomic mass is 9.85. The first-order valence-corrected chi connectivity index (χ1v) is 4.06. The number of terminal acetylenes is 1. The number of nitrogens with two attached hydrogens (primary N) is 1. The predicted octanol–water partition coefficient (Wildman–Crippen LogP) is 1.53. The highest BCUT2D eigenvalue weighted by Crippen LogP contribution is 2.25. The van der Waals surface area contributed by atoms with Crippen LogP contribution < -0.4 is 5.73 Å². The van der Waals surface area contributed by atoms with Gasteiger partial charge in [0.05, 0.1) is 6.04 Å². The fraction of sp³-hybridized carbons (Fsp3) is 0.778. The molecule has 0 aromatic carbocycles. The summed E-state index contributed by atoms with van der Waals surface area (Å²) in [6.45, 7) is 0. The second-order valence-corrected chi connectivity index (χ2v) is 3.09. The Balaban J connectivity index is 2.33. The van der Waals surface area contributed by atoms with Crippen molar-refractivity contribution in [2.75, 3.05) is 0 Å². The third kappa shape index (κ3) is 1.75. The van der Waals surface area contributed by atoms with Crippen molar-refractivity contribution >= 4 is 0 Å². The highest BCUT2D eigenvalue weighted by Gasteiger charge is 2.17. The van der Waals surface area contributed by atoms with E-state index < -0.39 is 0 Å². The molecule has 0 amide bonds. The normalized spacial score (nSPS) is 23.6. The largest absolute Gasteiger partial charge is 0.317 e. The topological polar surface area (TPSA) is 26.0 Å². The minimum atomic E-state index is 0.0142. The molecule has 0 aliphatic heterocycles. The van der Waals surface area contributed by atoms with E-state index in [1.807, 2.05) is 0 Å². The molecule has 0 aromatic rings. The van der Waals surface area contributed by atoms with E-state index in [4.69, 9.17) is 12.2 Å². The molecular formula is C9H15N. The van der Waals surface area contributed by atoms with Crippen LogP contribution in [0.15, 0.2) is 0 Å². The minimum absolute atomic E-state index is 0.0142. The third-order valence-corrected chi connectivity index (χ3v) is 2.35. The van der Waals surface area contributed by atoms with Crippen LogP contribution in [-0.4, -0.2) is 6.04 Å². The summed E-state index contributed by atoms with van der Waals surface area (Å²) >= 11 is 0. The van der Waals surface area contributed by atoms with Gasteiger partial charge in [0.1, 0.15) is 0 Å². The molecule has 2 N–H and O–H groups in total. The van der Waals surface area contributed by atoms with Crippen LogP contribution >= 0.6 is 0 Å². The molecule has 1 heteroatoms. The van der Waals surface area contributed by atoms with E-state index in [1.165, 1.54) is 32.1 Å². The van der Waals surface area contributed by atoms with Gasteiger partial charge in [-0.2, -0.15) is 0 Å². The summed E-state index contributed by atoms with van der Waals surface area (Å²) in [5, 5.41) is 0. The Morgan fingerprint density at radius 3 is 2.40 bits per heavy atom. The number of hydrogen-bond acceptors (Lipinski definition) is 1. The van der Waals surface area contributed by atoms with Gasteiger partial charge in [0, 0.05) is 0 Å². The van der Waals surface area contributed by atoms with Gasteiger partial charge >= 0.3 is 0 Å². The lowest BCUT2D eigenvalue weighted by Crippen LogP contribution is -2.29. The fourth-order valence-electron chi connectivity index (χ4n) is 1.63. The Kier molecular flexibility index (Phi) is 2.77. The molecule has 56 valence electrons. The van der Waals surface area contributed by atoms with Crippen molar-refractivity contribution in [2.45, 2.75) is 38.1 Å². The lowest BCUT2D eigenvalue weighted by Gasteiger charge is -2.23. The zero-order valence-corrected chi connectivity index (χ0v) is 6.34. The zero-order valence-electron chi connectivity index (χ0n) is 6.34. The highest BCUT2D eigenvalue weighted by atomic mass is 14.6. The average molecular weight is 137 g/mol. The standard InChI is InChI=1S/C9H15N/c1-2-9(10)8-6-4-3-5-7-8/h1,8-9H,3-7,10H2. The summed E-state index contributed by atoms with van der Waals surface area (Å²) in [6, 6.07) is 0.0142. The summed E-state index contributed by atoms with van der Waals surface area (Å²) in [7, 11) is 0. The average Bonchev–Trinajstić information content (AvgIpc) is 2.05. The van der Waals surface area contributed by atoms with Crippen LogP contribution in [0.5, 0.6) is 0 Å². The Bertz CT molecular complexity index is 128. The maximum Gasteiger partial charge on any atom is 0.0690 e. The maximum absolute atomic E-state index is 5.71. The SMILES string of the molecule is C#CC(N)C1CCCCC1. The first-order chi connectivity index (χ1) is 4.84. The van der Waals surface area contributed by atoms with Gasteiger partial charge in [-0.25, -0.2) is 0 Å². The number of rotatable bonds is 1. The van der Waals surface area contributed by atoms with Crippen LogP contribution in [0, 0.1) is 18.3 Å². The molecule has 0 saturated heterocycles. The van der Waals surface area contributed by atoms with Gasteiger partial charge in [-0.05, 0) is 18.8 Å². The molecule has 1 saturated carbocycles. The first kappa shape index (κ1) is 7.63. The van der Waals surface area contributed by atoms with Gasteiger partial charge in [-0.1, -0.05) is 25.2 Å². The van der Waals surface area contributed by atoms with E-state index in [9.17, 15) is 0 Å². The summed E-state index contributed by atoms with van der Waals surface area (Å²) in [5.41, 5.74) is 5.71. The maximum atomic E-state index is 5.71. The summed E-state index contributed by atoms with van der Waals surface area (Å²) in [6.07, 6.45) is 11.7. The summed E-state index contributed by atoms with van der Waals surface area (Å²) < 4.78 is 0. The van der Waals surface area contributed by atoms with Crippen LogP contribution in [0.2, 0.25) is 0 Å². The van der Waals surface area contributed by atoms with Crippen LogP contribution in [0.25, 0.3) is 0 Å². The Morgan fingerprint density at radius 1 is 1.30 bits per heavy atom. The van der Waals surface area contributed by atoms with Crippen molar-refractivity contribution in [1.82, 2.24) is 0 Å². The van der Waals surface area contributed by atoms with E-state index in [0.717, 1.165) is 0 Å². The molecule has 1 nitrogen and oxygen atoms in total. The van der Waals surface area contributed by atoms with Crippen molar-refractivity contribution in [3.63, 3.8) is 0 Å². The van der Waals surface area contributed by atoms with Gasteiger partial charge in [-0.3, -0.25) is 0 Å². The van der Waals surface area contributed by atoms with Gasteiger partial charge in [0.2, 0.25) is 0 Å². The molecule has 1 unspecified atom stereocenters. The molecule has 0 spiro atoms. The Hall–Kier alpha value is -0.480. The van der Waals surface area contributed by atoms with E-state index in [-0.39, 0.29) is 6.04 Å². The zero-order chi connectivity index (χ0) is 7.40. The van der Waals surface area contributed by atoms with Gasteiger partial charge < -0.3 is 5.73 Å². The molecule has 0 radical (unpaired) electrons. The minimum Gasteiger partial charge on any atom is -0.317 e. The smallest absolute Gasteiger partial charge is 0.0690 e. The van der Waals surface area contributed by atoms with Crippen molar-refractivity contribution in [3.05, 3.63) is 0 Å². The fourth-order valence-corrected chi connectivity index (χ4v) is 1.63. The van der Waals surface area contributed by atoms with Crippen molar-refractivity contribution < 1.29 is 0 Å². The first-order valence-electron chi connectivity index (χ1n) is 4.06. The van der Waals surface area contributed by atoms with Gasteiger partial charge in [-0.15, -0.1) is 6.42 Å². The Morgan fingerprint density at radius 2 is 1.90 bits per heavy atom. The lowest BCUT2D eigenvalue weighted by molar-refractivity contribution is 0.337. The third-order valence-electron chi connectivity index (χ3n) is 2.35. The highest BCUT2D eigenvalue weighted by molar-refractivity contribution is 5.00. The quantitative estimate of drug-likeness (QED) is 0.545. The van der Waals surface area contributed by atoms with Gasteiger partial charge in [0.25, 0.3) is 0 Å². The molecule has 0 aromatic heterocycles. The van der Waals surface area contributed by atoms with Crippen molar-refractivity contribution in [3.8, 4) is 12.3 Å². The molecule has 0 heterocycles. The Labute approximate surface area is 63.0 Å². The van der Waals surface area contributed by atoms with Crippen molar-refractivity contribution in [2.24, 2.45) is 11.7 Å². The molecular weight excluding hydrogens is 122 g/mol. The van der Waals surface area contributed by atoms with E-state index in [0.29, 0.717) is 5.92 Å². The van der Waals surface area contributed by atoms with E-state index in [2.05, 4.69) is 5.92 Å². The second kappa shape index (κ2) is 3.63. The monoisotopic (exact) mass is 137 g/mol. The van der Waals surface area contributed by atoms with Crippen LogP contribution in [0.1, 0.15) is 32.1 Å². The van der Waals surface area contributed by atoms with Crippen LogP contribution in [-0.2, 0) is 0 Å². The summed E-state index contributed by atoms with van der Waals surface area (Å²) in [5.74, 6) is 3.22. The van der Waals surface area contributed by atoms with Crippen LogP contribution in [0.4, 0.5) is 0 Å². The molecule has 1 aliphatic carbocycles. The number of hydrogen-bond donors (Lipinski definition) is 1. The van der Waals surface area contributed by atoms with E-state index >= 15 is 0 Å². The molecule has 1 rings (SSSR count). The second-order valence-electron chi connectivity index (χ2n) is 3.09. The van der Waals surface area contributed by atoms with Crippen LogP contribution in [0.3, 0.4) is 0 Å². The molecule has 10 heavy (non-hydrogen) atoms. The molecule has 1 atom stereocenters. The molecule has 0 bridgehead atoms.